The van der Waals surface area contributed by atoms with E-state index in [1.165, 1.54) is 7.11 Å². The largest absolute Gasteiger partial charge is 0.485 e. The molecule has 1 N–H and O–H groups in total. The lowest BCUT2D eigenvalue weighted by molar-refractivity contribution is 0.0321. The fraction of sp³-hybridized carbons (Fsp3) is 0.407. The van der Waals surface area contributed by atoms with E-state index in [2.05, 4.69) is 25.2 Å². The molecule has 1 atom stereocenters. The maximum Gasteiger partial charge on any atom is 0.258 e. The van der Waals surface area contributed by atoms with Gasteiger partial charge in [0.15, 0.2) is 5.60 Å². The molecular weight excluding hydrogens is 508 g/mol. The van der Waals surface area contributed by atoms with E-state index >= 15 is 0 Å². The first-order chi connectivity index (χ1) is 18.3. The Hall–Kier alpha value is -3.31. The van der Waals surface area contributed by atoms with Gasteiger partial charge in [0, 0.05) is 49.0 Å². The lowest BCUT2D eigenvalue weighted by atomic mass is 9.82. The van der Waals surface area contributed by atoms with Crippen molar-refractivity contribution in [2.75, 3.05) is 46.6 Å². The lowest BCUT2D eigenvalue weighted by Crippen LogP contribution is -2.38. The number of ether oxygens (including phenoxy) is 3. The highest BCUT2D eigenvalue weighted by molar-refractivity contribution is 6.37. The van der Waals surface area contributed by atoms with E-state index in [0.717, 1.165) is 38.5 Å². The number of hydrogen-bond acceptors (Lipinski definition) is 9. The fourth-order valence-electron chi connectivity index (χ4n) is 4.90. The molecule has 38 heavy (non-hydrogen) atoms. The van der Waals surface area contributed by atoms with Gasteiger partial charge >= 0.3 is 0 Å². The number of hydrogen-bond donors (Lipinski definition) is 1. The third-order valence-corrected chi connectivity index (χ3v) is 7.29. The Morgan fingerprint density at radius 1 is 1.13 bits per heavy atom. The maximum absolute atomic E-state index is 12.4. The zero-order valence-electron chi connectivity index (χ0n) is 21.9. The molecule has 10 nitrogen and oxygen atoms in total. The van der Waals surface area contributed by atoms with Crippen LogP contribution in [0.3, 0.4) is 0 Å². The van der Waals surface area contributed by atoms with E-state index in [1.54, 1.807) is 17.9 Å². The van der Waals surface area contributed by atoms with E-state index in [-0.39, 0.29) is 0 Å². The highest BCUT2D eigenvalue weighted by Gasteiger charge is 2.39. The summed E-state index contributed by atoms with van der Waals surface area (Å²) in [6, 6.07) is 9.20. The molecule has 200 valence electrons. The highest BCUT2D eigenvalue weighted by atomic mass is 35.5. The summed E-state index contributed by atoms with van der Waals surface area (Å²) in [5, 5.41) is 21.5. The number of benzene rings is 1. The van der Waals surface area contributed by atoms with Gasteiger partial charge in [-0.25, -0.2) is 9.67 Å². The summed E-state index contributed by atoms with van der Waals surface area (Å²) >= 11 is 6.92. The molecule has 0 saturated carbocycles. The van der Waals surface area contributed by atoms with Crippen LogP contribution in [0, 0.1) is 13.8 Å². The SMILES string of the molecule is COc1nc2ccc(C(O)(c3ccc(C)nc3C)c3cnnn3C)cc2c(Cl)c1OCCN1CCOCC1. The second-order valence-electron chi connectivity index (χ2n) is 9.34. The van der Waals surface area contributed by atoms with E-state index in [0.29, 0.717) is 56.7 Å². The smallest absolute Gasteiger partial charge is 0.258 e. The lowest BCUT2D eigenvalue weighted by Gasteiger charge is -2.30. The van der Waals surface area contributed by atoms with Crippen LogP contribution < -0.4 is 9.47 Å². The molecule has 0 amide bonds. The predicted molar refractivity (Wildman–Crippen MR) is 143 cm³/mol. The van der Waals surface area contributed by atoms with E-state index in [1.807, 2.05) is 44.2 Å². The standard InChI is InChI=1S/C27H31ClN6O4/c1-17-5-7-21(18(2)30-17)27(35,23-16-29-32-33(23)3)19-6-8-22-20(15-19)24(28)25(26(31-22)36-4)38-14-11-34-9-12-37-13-10-34/h5-8,15-16,35H,9-14H2,1-4H3. The number of aromatic nitrogens is 5. The Kier molecular flexibility index (Phi) is 7.49. The fourth-order valence-corrected chi connectivity index (χ4v) is 5.19. The van der Waals surface area contributed by atoms with Crippen molar-refractivity contribution in [3.8, 4) is 11.6 Å². The van der Waals surface area contributed by atoms with Crippen LogP contribution in [0.25, 0.3) is 10.9 Å². The minimum absolute atomic E-state index is 0.307. The minimum atomic E-state index is -1.60. The summed E-state index contributed by atoms with van der Waals surface area (Å²) in [6.07, 6.45) is 1.55. The van der Waals surface area contributed by atoms with Gasteiger partial charge in [0.2, 0.25) is 5.75 Å². The normalized spacial score (nSPS) is 15.9. The molecule has 4 heterocycles. The van der Waals surface area contributed by atoms with Gasteiger partial charge in [-0.05, 0) is 37.6 Å². The summed E-state index contributed by atoms with van der Waals surface area (Å²) in [5.74, 6) is 0.674. The highest BCUT2D eigenvalue weighted by Crippen LogP contribution is 2.43. The molecule has 0 radical (unpaired) electrons. The first-order valence-electron chi connectivity index (χ1n) is 12.5. The number of halogens is 1. The summed E-state index contributed by atoms with van der Waals surface area (Å²) in [7, 11) is 3.28. The van der Waals surface area contributed by atoms with Crippen LogP contribution in [0.15, 0.2) is 36.5 Å². The summed E-state index contributed by atoms with van der Waals surface area (Å²) in [6.45, 7) is 8.10. The van der Waals surface area contributed by atoms with Crippen molar-refractivity contribution in [3.63, 3.8) is 0 Å². The van der Waals surface area contributed by atoms with Crippen LogP contribution in [0.4, 0.5) is 0 Å². The second kappa shape index (κ2) is 10.8. The van der Waals surface area contributed by atoms with Crippen molar-refractivity contribution in [2.45, 2.75) is 19.4 Å². The number of aryl methyl sites for hydroxylation is 3. The summed E-state index contributed by atoms with van der Waals surface area (Å²) in [4.78, 5) is 11.5. The molecule has 1 aliphatic heterocycles. The van der Waals surface area contributed by atoms with Crippen molar-refractivity contribution in [3.05, 3.63) is 69.8 Å². The molecule has 3 aromatic heterocycles. The maximum atomic E-state index is 12.4. The van der Waals surface area contributed by atoms with Gasteiger partial charge in [0.05, 0.1) is 42.8 Å². The summed E-state index contributed by atoms with van der Waals surface area (Å²) in [5.41, 5.74) is 2.24. The van der Waals surface area contributed by atoms with Crippen LogP contribution in [0.5, 0.6) is 11.6 Å². The molecule has 1 fully saturated rings. The Morgan fingerprint density at radius 2 is 1.92 bits per heavy atom. The molecular formula is C27H31ClN6O4. The van der Waals surface area contributed by atoms with Gasteiger partial charge in [0.1, 0.15) is 6.61 Å². The van der Waals surface area contributed by atoms with Crippen molar-refractivity contribution >= 4 is 22.5 Å². The van der Waals surface area contributed by atoms with Crippen LogP contribution in [0.1, 0.15) is 28.2 Å². The van der Waals surface area contributed by atoms with Gasteiger partial charge in [-0.3, -0.25) is 9.88 Å². The van der Waals surface area contributed by atoms with Gasteiger partial charge in [-0.1, -0.05) is 28.9 Å². The number of methoxy groups -OCH3 is 1. The Balaban J connectivity index is 1.59. The third kappa shape index (κ3) is 4.80. The van der Waals surface area contributed by atoms with E-state index in [9.17, 15) is 5.11 Å². The van der Waals surface area contributed by atoms with E-state index < -0.39 is 5.60 Å². The van der Waals surface area contributed by atoms with Gasteiger partial charge in [-0.2, -0.15) is 0 Å². The van der Waals surface area contributed by atoms with Crippen molar-refractivity contribution in [2.24, 2.45) is 7.05 Å². The Bertz CT molecular complexity index is 1460. The quantitative estimate of drug-likeness (QED) is 0.362. The average molecular weight is 539 g/mol. The molecule has 4 aromatic rings. The molecule has 1 saturated heterocycles. The minimum Gasteiger partial charge on any atom is -0.485 e. The third-order valence-electron chi connectivity index (χ3n) is 6.92. The molecule has 0 bridgehead atoms. The number of fused-ring (bicyclic) bond motifs is 1. The number of pyridine rings is 2. The number of rotatable bonds is 8. The second-order valence-corrected chi connectivity index (χ2v) is 9.72. The van der Waals surface area contributed by atoms with Gasteiger partial charge in [-0.15, -0.1) is 5.10 Å². The van der Waals surface area contributed by atoms with Crippen LogP contribution in [0.2, 0.25) is 5.02 Å². The van der Waals surface area contributed by atoms with Crippen LogP contribution in [-0.2, 0) is 17.4 Å². The van der Waals surface area contributed by atoms with Crippen LogP contribution in [-0.4, -0.2) is 81.5 Å². The monoisotopic (exact) mass is 538 g/mol. The van der Waals surface area contributed by atoms with Crippen molar-refractivity contribution in [1.82, 2.24) is 29.9 Å². The molecule has 1 aliphatic rings. The molecule has 0 spiro atoms. The van der Waals surface area contributed by atoms with E-state index in [4.69, 9.17) is 25.8 Å². The summed E-state index contributed by atoms with van der Waals surface area (Å²) < 4.78 is 18.6. The number of nitrogens with zero attached hydrogens (tertiary/aromatic N) is 6. The first kappa shape index (κ1) is 26.3. The van der Waals surface area contributed by atoms with Crippen molar-refractivity contribution < 1.29 is 19.3 Å². The number of aliphatic hydroxyl groups is 1. The number of morpholine rings is 1. The van der Waals surface area contributed by atoms with Crippen LogP contribution >= 0.6 is 11.6 Å². The molecule has 0 aliphatic carbocycles. The molecule has 11 heteroatoms. The predicted octanol–water partition coefficient (Wildman–Crippen LogP) is 3.03. The van der Waals surface area contributed by atoms with Crippen molar-refractivity contribution in [1.29, 1.82) is 0 Å². The first-order valence-corrected chi connectivity index (χ1v) is 12.8. The molecule has 1 unspecified atom stereocenters. The Labute approximate surface area is 226 Å². The Morgan fingerprint density at radius 3 is 2.61 bits per heavy atom. The zero-order valence-corrected chi connectivity index (χ0v) is 22.7. The molecule has 5 rings (SSSR count). The van der Waals surface area contributed by atoms with Gasteiger partial charge < -0.3 is 19.3 Å². The topological polar surface area (TPSA) is 108 Å². The van der Waals surface area contributed by atoms with Gasteiger partial charge in [0.25, 0.3) is 5.88 Å². The zero-order chi connectivity index (χ0) is 26.9. The average Bonchev–Trinajstić information content (AvgIpc) is 3.36. The molecule has 1 aromatic carbocycles.